The van der Waals surface area contributed by atoms with E-state index in [1.807, 2.05) is 0 Å². The van der Waals surface area contributed by atoms with Gasteiger partial charge in [-0.1, -0.05) is 19.3 Å². The second kappa shape index (κ2) is 6.70. The Kier molecular flexibility index (Phi) is 5.80. The van der Waals surface area contributed by atoms with Crippen LogP contribution in [-0.2, 0) is 14.6 Å². The molecule has 19 heavy (non-hydrogen) atoms. The molecule has 1 unspecified atom stereocenters. The van der Waals surface area contributed by atoms with Crippen LogP contribution in [0.3, 0.4) is 0 Å². The van der Waals surface area contributed by atoms with Crippen LogP contribution in [0.15, 0.2) is 0 Å². The quantitative estimate of drug-likeness (QED) is 0.758. The molecule has 1 aliphatic carbocycles. The normalized spacial score (nSPS) is 20.8. The maximum atomic E-state index is 12.0. The van der Waals surface area contributed by atoms with Gasteiger partial charge in [0.05, 0.1) is 5.75 Å². The minimum atomic E-state index is -3.06. The first kappa shape index (κ1) is 16.4. The lowest BCUT2D eigenvalue weighted by molar-refractivity contribution is -0.124. The van der Waals surface area contributed by atoms with Gasteiger partial charge < -0.3 is 11.1 Å². The summed E-state index contributed by atoms with van der Waals surface area (Å²) in [6, 6.07) is -0.346. The van der Waals surface area contributed by atoms with E-state index in [1.165, 1.54) is 12.7 Å². The smallest absolute Gasteiger partial charge is 0.220 e. The summed E-state index contributed by atoms with van der Waals surface area (Å²) >= 11 is 0. The van der Waals surface area contributed by atoms with Crippen molar-refractivity contribution in [2.75, 3.05) is 18.6 Å². The molecule has 1 atom stereocenters. The van der Waals surface area contributed by atoms with Gasteiger partial charge >= 0.3 is 0 Å². The fourth-order valence-electron chi connectivity index (χ4n) is 2.92. The Labute approximate surface area is 116 Å². The van der Waals surface area contributed by atoms with Crippen molar-refractivity contribution in [2.45, 2.75) is 51.5 Å². The van der Waals surface area contributed by atoms with Gasteiger partial charge in [-0.3, -0.25) is 4.79 Å². The summed E-state index contributed by atoms with van der Waals surface area (Å²) in [6.07, 6.45) is 7.06. The molecule has 112 valence electrons. The first-order valence-electron chi connectivity index (χ1n) is 6.93. The highest BCUT2D eigenvalue weighted by Gasteiger charge is 2.33. The minimum Gasteiger partial charge on any atom is -0.353 e. The summed E-state index contributed by atoms with van der Waals surface area (Å²) in [6.45, 7) is 2.25. The molecule has 0 aromatic heterocycles. The number of nitrogens with two attached hydrogens (primary N) is 1. The Morgan fingerprint density at radius 1 is 1.32 bits per heavy atom. The molecule has 0 bridgehead atoms. The molecule has 6 heteroatoms. The predicted molar refractivity (Wildman–Crippen MR) is 76.5 cm³/mol. The lowest BCUT2D eigenvalue weighted by atomic mass is 9.71. The van der Waals surface area contributed by atoms with E-state index in [9.17, 15) is 13.2 Å². The standard InChI is InChI=1S/C13H26N2O3S/c1-11(9-19(2,17)18)15-12(16)8-13(10-14)6-4-3-5-7-13/h11H,3-10,14H2,1-2H3,(H,15,16). The number of carbonyl (C=O) groups is 1. The molecular formula is C13H26N2O3S. The number of carbonyl (C=O) groups excluding carboxylic acids is 1. The maximum absolute atomic E-state index is 12.0. The van der Waals surface area contributed by atoms with Crippen molar-refractivity contribution in [3.63, 3.8) is 0 Å². The summed E-state index contributed by atoms with van der Waals surface area (Å²) in [5.74, 6) is -0.0996. The predicted octanol–water partition coefficient (Wildman–Crippen LogP) is 0.835. The zero-order valence-corrected chi connectivity index (χ0v) is 12.8. The van der Waals surface area contributed by atoms with E-state index in [0.29, 0.717) is 13.0 Å². The van der Waals surface area contributed by atoms with E-state index in [-0.39, 0.29) is 23.1 Å². The van der Waals surface area contributed by atoms with Gasteiger partial charge in [0, 0.05) is 18.7 Å². The topological polar surface area (TPSA) is 89.3 Å². The number of nitrogens with one attached hydrogen (secondary N) is 1. The Morgan fingerprint density at radius 3 is 2.37 bits per heavy atom. The third kappa shape index (κ3) is 5.91. The first-order valence-corrected chi connectivity index (χ1v) is 9.00. The Bertz CT molecular complexity index is 400. The summed E-state index contributed by atoms with van der Waals surface area (Å²) < 4.78 is 22.3. The molecule has 0 radical (unpaired) electrons. The largest absolute Gasteiger partial charge is 0.353 e. The van der Waals surface area contributed by atoms with Crippen LogP contribution in [0, 0.1) is 5.41 Å². The van der Waals surface area contributed by atoms with Gasteiger partial charge in [0.25, 0.3) is 0 Å². The van der Waals surface area contributed by atoms with E-state index < -0.39 is 9.84 Å². The molecule has 1 saturated carbocycles. The zero-order valence-electron chi connectivity index (χ0n) is 11.9. The molecule has 5 nitrogen and oxygen atoms in total. The van der Waals surface area contributed by atoms with Crippen LogP contribution in [0.1, 0.15) is 45.4 Å². The van der Waals surface area contributed by atoms with Crippen LogP contribution in [0.2, 0.25) is 0 Å². The van der Waals surface area contributed by atoms with Crippen molar-refractivity contribution in [2.24, 2.45) is 11.1 Å². The van der Waals surface area contributed by atoms with Crippen molar-refractivity contribution in [3.05, 3.63) is 0 Å². The van der Waals surface area contributed by atoms with Gasteiger partial charge in [-0.05, 0) is 31.7 Å². The average Bonchev–Trinajstić information content (AvgIpc) is 2.27. The summed E-state index contributed by atoms with van der Waals surface area (Å²) in [7, 11) is -3.06. The number of hydrogen-bond acceptors (Lipinski definition) is 4. The van der Waals surface area contributed by atoms with Crippen molar-refractivity contribution in [1.29, 1.82) is 0 Å². The molecule has 1 fully saturated rings. The van der Waals surface area contributed by atoms with Crippen LogP contribution in [-0.4, -0.2) is 38.9 Å². The first-order chi connectivity index (χ1) is 8.76. The number of hydrogen-bond donors (Lipinski definition) is 2. The summed E-state index contributed by atoms with van der Waals surface area (Å²) in [5.41, 5.74) is 5.77. The van der Waals surface area contributed by atoms with Gasteiger partial charge in [0.2, 0.25) is 5.91 Å². The van der Waals surface area contributed by atoms with Crippen LogP contribution in [0.5, 0.6) is 0 Å². The van der Waals surface area contributed by atoms with Crippen LogP contribution in [0.4, 0.5) is 0 Å². The van der Waals surface area contributed by atoms with Crippen molar-refractivity contribution in [1.82, 2.24) is 5.32 Å². The Morgan fingerprint density at radius 2 is 1.89 bits per heavy atom. The Balaban J connectivity index is 2.49. The molecule has 1 amide bonds. The van der Waals surface area contributed by atoms with Gasteiger partial charge in [-0.15, -0.1) is 0 Å². The lowest BCUT2D eigenvalue weighted by Gasteiger charge is -2.35. The van der Waals surface area contributed by atoms with Gasteiger partial charge in [-0.2, -0.15) is 0 Å². The van der Waals surface area contributed by atoms with Gasteiger partial charge in [0.15, 0.2) is 0 Å². The number of amides is 1. The third-order valence-electron chi connectivity index (χ3n) is 3.84. The molecule has 1 aliphatic rings. The highest BCUT2D eigenvalue weighted by atomic mass is 32.2. The zero-order chi connectivity index (χ0) is 14.5. The second-order valence-electron chi connectivity index (χ2n) is 6.00. The van der Waals surface area contributed by atoms with E-state index in [4.69, 9.17) is 5.73 Å². The molecule has 0 heterocycles. The highest BCUT2D eigenvalue weighted by molar-refractivity contribution is 7.90. The van der Waals surface area contributed by atoms with Crippen LogP contribution in [0.25, 0.3) is 0 Å². The maximum Gasteiger partial charge on any atom is 0.220 e. The number of rotatable bonds is 6. The van der Waals surface area contributed by atoms with Gasteiger partial charge in [-0.25, -0.2) is 8.42 Å². The lowest BCUT2D eigenvalue weighted by Crippen LogP contribution is -2.42. The van der Waals surface area contributed by atoms with Gasteiger partial charge in [0.1, 0.15) is 9.84 Å². The summed E-state index contributed by atoms with van der Waals surface area (Å²) in [4.78, 5) is 12.0. The summed E-state index contributed by atoms with van der Waals surface area (Å²) in [5, 5.41) is 2.77. The molecule has 1 rings (SSSR count). The van der Waals surface area contributed by atoms with Crippen LogP contribution >= 0.6 is 0 Å². The molecule has 0 saturated heterocycles. The van der Waals surface area contributed by atoms with E-state index in [1.54, 1.807) is 6.92 Å². The minimum absolute atomic E-state index is 0.0195. The van der Waals surface area contributed by atoms with Crippen LogP contribution < -0.4 is 11.1 Å². The number of sulfone groups is 1. The fourth-order valence-corrected chi connectivity index (χ4v) is 3.91. The average molecular weight is 290 g/mol. The molecule has 0 aromatic rings. The van der Waals surface area contributed by atoms with Crippen molar-refractivity contribution >= 4 is 15.7 Å². The molecular weight excluding hydrogens is 264 g/mol. The third-order valence-corrected chi connectivity index (χ3v) is 4.95. The van der Waals surface area contributed by atoms with Crippen molar-refractivity contribution in [3.8, 4) is 0 Å². The van der Waals surface area contributed by atoms with Crippen molar-refractivity contribution < 1.29 is 13.2 Å². The highest BCUT2D eigenvalue weighted by Crippen LogP contribution is 2.38. The van der Waals surface area contributed by atoms with E-state index >= 15 is 0 Å². The van der Waals surface area contributed by atoms with E-state index in [0.717, 1.165) is 25.7 Å². The molecule has 0 aliphatic heterocycles. The Hall–Kier alpha value is -0.620. The molecule has 3 N–H and O–H groups in total. The van der Waals surface area contributed by atoms with E-state index in [2.05, 4.69) is 5.32 Å². The fraction of sp³-hybridized carbons (Fsp3) is 0.923. The monoisotopic (exact) mass is 290 g/mol. The second-order valence-corrected chi connectivity index (χ2v) is 8.19. The SMILES string of the molecule is CC(CS(C)(=O)=O)NC(=O)CC1(CN)CCCCC1. The molecule has 0 spiro atoms. The molecule has 0 aromatic carbocycles.